The molecule has 0 aliphatic heterocycles. The molecule has 1 aromatic heterocycles. The largest absolute Gasteiger partial charge is 0.397 e. The fourth-order valence-corrected chi connectivity index (χ4v) is 1.97. The Bertz CT molecular complexity index is 522. The van der Waals surface area contributed by atoms with Crippen molar-refractivity contribution < 1.29 is 0 Å². The second kappa shape index (κ2) is 5.69. The number of anilines is 2. The maximum absolute atomic E-state index is 6.16. The molecule has 3 N–H and O–H groups in total. The Morgan fingerprint density at radius 3 is 2.89 bits per heavy atom. The third kappa shape index (κ3) is 2.90. The van der Waals surface area contributed by atoms with Crippen LogP contribution in [0, 0.1) is 0 Å². The first kappa shape index (κ1) is 12.6. The van der Waals surface area contributed by atoms with Crippen molar-refractivity contribution in [1.82, 2.24) is 9.88 Å². The number of benzene rings is 1. The SMILES string of the molecule is CN(C)CCCNc1ccc2cnccc2c1N. The average Bonchev–Trinajstić information content (AvgIpc) is 2.37. The summed E-state index contributed by atoms with van der Waals surface area (Å²) < 4.78 is 0. The van der Waals surface area contributed by atoms with Crippen LogP contribution >= 0.6 is 0 Å². The second-order valence-electron chi connectivity index (χ2n) is 4.71. The van der Waals surface area contributed by atoms with Gasteiger partial charge in [0.25, 0.3) is 0 Å². The van der Waals surface area contributed by atoms with Crippen molar-refractivity contribution >= 4 is 22.1 Å². The summed E-state index contributed by atoms with van der Waals surface area (Å²) in [6.07, 6.45) is 4.71. The van der Waals surface area contributed by atoms with Crippen LogP contribution in [0.15, 0.2) is 30.6 Å². The molecule has 2 rings (SSSR count). The summed E-state index contributed by atoms with van der Waals surface area (Å²) in [5, 5.41) is 5.52. The maximum Gasteiger partial charge on any atom is 0.0630 e. The van der Waals surface area contributed by atoms with E-state index in [1.54, 1.807) is 6.20 Å². The number of nitrogen functional groups attached to an aromatic ring is 1. The Morgan fingerprint density at radius 2 is 2.11 bits per heavy atom. The fourth-order valence-electron chi connectivity index (χ4n) is 1.97. The van der Waals surface area contributed by atoms with Crippen LogP contribution < -0.4 is 11.1 Å². The van der Waals surface area contributed by atoms with Gasteiger partial charge in [0.2, 0.25) is 0 Å². The molecule has 0 atom stereocenters. The van der Waals surface area contributed by atoms with Crippen LogP contribution in [0.1, 0.15) is 6.42 Å². The molecular formula is C14H20N4. The van der Waals surface area contributed by atoms with Gasteiger partial charge in [-0.05, 0) is 39.2 Å². The van der Waals surface area contributed by atoms with Crippen LogP contribution in [0.25, 0.3) is 10.8 Å². The molecule has 0 bridgehead atoms. The van der Waals surface area contributed by atoms with Crippen LogP contribution in [0.4, 0.5) is 11.4 Å². The van der Waals surface area contributed by atoms with E-state index in [1.165, 1.54) is 0 Å². The van der Waals surface area contributed by atoms with E-state index in [-0.39, 0.29) is 0 Å². The van der Waals surface area contributed by atoms with E-state index in [0.717, 1.165) is 41.7 Å². The number of hydrogen-bond donors (Lipinski definition) is 2. The Balaban J connectivity index is 2.07. The first-order valence-corrected chi connectivity index (χ1v) is 6.19. The van der Waals surface area contributed by atoms with E-state index in [0.29, 0.717) is 0 Å². The lowest BCUT2D eigenvalue weighted by Crippen LogP contribution is -2.16. The van der Waals surface area contributed by atoms with Gasteiger partial charge in [-0.15, -0.1) is 0 Å². The second-order valence-corrected chi connectivity index (χ2v) is 4.71. The monoisotopic (exact) mass is 244 g/mol. The molecule has 96 valence electrons. The van der Waals surface area contributed by atoms with Gasteiger partial charge in [-0.25, -0.2) is 0 Å². The lowest BCUT2D eigenvalue weighted by molar-refractivity contribution is 0.405. The molecule has 0 aliphatic carbocycles. The van der Waals surface area contributed by atoms with E-state index >= 15 is 0 Å². The number of nitrogens with zero attached hydrogens (tertiary/aromatic N) is 2. The predicted molar refractivity (Wildman–Crippen MR) is 77.8 cm³/mol. The van der Waals surface area contributed by atoms with Crippen molar-refractivity contribution in [1.29, 1.82) is 0 Å². The third-order valence-electron chi connectivity index (χ3n) is 2.96. The van der Waals surface area contributed by atoms with Crippen LogP contribution in [0.5, 0.6) is 0 Å². The minimum Gasteiger partial charge on any atom is -0.397 e. The highest BCUT2D eigenvalue weighted by Gasteiger charge is 2.03. The summed E-state index contributed by atoms with van der Waals surface area (Å²) in [7, 11) is 4.16. The number of fused-ring (bicyclic) bond motifs is 1. The van der Waals surface area contributed by atoms with Crippen molar-refractivity contribution in [2.45, 2.75) is 6.42 Å². The summed E-state index contributed by atoms with van der Waals surface area (Å²) in [5.41, 5.74) is 7.97. The quantitative estimate of drug-likeness (QED) is 0.625. The standard InChI is InChI=1S/C14H20N4/c1-18(2)9-3-7-17-13-5-4-11-10-16-8-6-12(11)14(13)15/h4-6,8,10,17H,3,7,9,15H2,1-2H3. The molecule has 1 heterocycles. The molecule has 0 saturated carbocycles. The molecule has 0 amide bonds. The highest BCUT2D eigenvalue weighted by molar-refractivity contribution is 5.98. The Morgan fingerprint density at radius 1 is 1.28 bits per heavy atom. The lowest BCUT2D eigenvalue weighted by Gasteiger charge is -2.13. The van der Waals surface area contributed by atoms with E-state index in [1.807, 2.05) is 24.4 Å². The van der Waals surface area contributed by atoms with Gasteiger partial charge in [0.15, 0.2) is 0 Å². The van der Waals surface area contributed by atoms with Crippen LogP contribution in [0.3, 0.4) is 0 Å². The summed E-state index contributed by atoms with van der Waals surface area (Å²) in [6.45, 7) is 2.00. The van der Waals surface area contributed by atoms with Gasteiger partial charge in [-0.1, -0.05) is 6.07 Å². The summed E-state index contributed by atoms with van der Waals surface area (Å²) in [5.74, 6) is 0. The molecule has 2 aromatic rings. The lowest BCUT2D eigenvalue weighted by atomic mass is 10.1. The minimum absolute atomic E-state index is 0.805. The first-order chi connectivity index (χ1) is 8.68. The maximum atomic E-state index is 6.16. The molecule has 0 unspecified atom stereocenters. The number of nitrogens with two attached hydrogens (primary N) is 1. The number of rotatable bonds is 5. The predicted octanol–water partition coefficient (Wildman–Crippen LogP) is 2.18. The fraction of sp³-hybridized carbons (Fsp3) is 0.357. The van der Waals surface area contributed by atoms with Crippen LogP contribution in [-0.2, 0) is 0 Å². The van der Waals surface area contributed by atoms with Gasteiger partial charge in [-0.3, -0.25) is 4.98 Å². The first-order valence-electron chi connectivity index (χ1n) is 6.19. The van der Waals surface area contributed by atoms with Crippen LogP contribution in [0.2, 0.25) is 0 Å². The molecule has 1 aromatic carbocycles. The van der Waals surface area contributed by atoms with Gasteiger partial charge >= 0.3 is 0 Å². The molecule has 0 saturated heterocycles. The molecular weight excluding hydrogens is 224 g/mol. The number of aromatic nitrogens is 1. The van der Waals surface area contributed by atoms with Gasteiger partial charge < -0.3 is 16.0 Å². The molecule has 0 spiro atoms. The molecule has 0 aliphatic rings. The van der Waals surface area contributed by atoms with E-state index in [2.05, 4.69) is 29.3 Å². The number of hydrogen-bond acceptors (Lipinski definition) is 4. The van der Waals surface area contributed by atoms with Crippen molar-refractivity contribution in [3.8, 4) is 0 Å². The molecule has 18 heavy (non-hydrogen) atoms. The van der Waals surface area contributed by atoms with E-state index < -0.39 is 0 Å². The van der Waals surface area contributed by atoms with Crippen molar-refractivity contribution in [3.05, 3.63) is 30.6 Å². The highest BCUT2D eigenvalue weighted by Crippen LogP contribution is 2.27. The van der Waals surface area contributed by atoms with Crippen LogP contribution in [-0.4, -0.2) is 37.1 Å². The van der Waals surface area contributed by atoms with E-state index in [9.17, 15) is 0 Å². The van der Waals surface area contributed by atoms with E-state index in [4.69, 9.17) is 5.73 Å². The number of pyridine rings is 1. The average molecular weight is 244 g/mol. The molecule has 4 nitrogen and oxygen atoms in total. The normalized spacial score (nSPS) is 11.1. The van der Waals surface area contributed by atoms with Gasteiger partial charge in [0, 0.05) is 29.7 Å². The zero-order valence-electron chi connectivity index (χ0n) is 11.0. The van der Waals surface area contributed by atoms with Gasteiger partial charge in [-0.2, -0.15) is 0 Å². The number of nitrogens with one attached hydrogen (secondary N) is 1. The molecule has 4 heteroatoms. The smallest absolute Gasteiger partial charge is 0.0630 e. The molecule has 0 fully saturated rings. The summed E-state index contributed by atoms with van der Waals surface area (Å²) >= 11 is 0. The topological polar surface area (TPSA) is 54.2 Å². The summed E-state index contributed by atoms with van der Waals surface area (Å²) in [6, 6.07) is 6.03. The Hall–Kier alpha value is -1.81. The zero-order chi connectivity index (χ0) is 13.0. The van der Waals surface area contributed by atoms with Crippen molar-refractivity contribution in [2.75, 3.05) is 38.2 Å². The highest BCUT2D eigenvalue weighted by atomic mass is 15.1. The Labute approximate surface area is 108 Å². The van der Waals surface area contributed by atoms with Gasteiger partial charge in [0.1, 0.15) is 0 Å². The van der Waals surface area contributed by atoms with Crippen molar-refractivity contribution in [2.24, 2.45) is 0 Å². The third-order valence-corrected chi connectivity index (χ3v) is 2.96. The molecule has 0 radical (unpaired) electrons. The van der Waals surface area contributed by atoms with Gasteiger partial charge in [0.05, 0.1) is 11.4 Å². The zero-order valence-corrected chi connectivity index (χ0v) is 11.0. The summed E-state index contributed by atoms with van der Waals surface area (Å²) in [4.78, 5) is 6.27. The Kier molecular flexibility index (Phi) is 3.99. The van der Waals surface area contributed by atoms with Crippen molar-refractivity contribution in [3.63, 3.8) is 0 Å². The minimum atomic E-state index is 0.805.